The SMILES string of the molecule is COc1ccc(CC(=O)OCC(=O)c2ccc(OC(=O)c3ccc(C)cc3)cc2)cc1. The van der Waals surface area contributed by atoms with Crippen molar-refractivity contribution < 1.29 is 28.6 Å². The second-order valence-corrected chi connectivity index (χ2v) is 6.89. The van der Waals surface area contributed by atoms with Gasteiger partial charge in [-0.3, -0.25) is 9.59 Å². The summed E-state index contributed by atoms with van der Waals surface area (Å²) in [6.07, 6.45) is 0.0607. The number of benzene rings is 3. The second kappa shape index (κ2) is 10.2. The lowest BCUT2D eigenvalue weighted by atomic mass is 10.1. The van der Waals surface area contributed by atoms with Gasteiger partial charge in [-0.15, -0.1) is 0 Å². The molecule has 0 aliphatic heterocycles. The summed E-state index contributed by atoms with van der Waals surface area (Å²) in [5.41, 5.74) is 2.60. The number of ether oxygens (including phenoxy) is 3. The van der Waals surface area contributed by atoms with Gasteiger partial charge in [0.1, 0.15) is 11.5 Å². The van der Waals surface area contributed by atoms with Gasteiger partial charge in [0.25, 0.3) is 0 Å². The van der Waals surface area contributed by atoms with Crippen LogP contribution in [0.3, 0.4) is 0 Å². The highest BCUT2D eigenvalue weighted by Crippen LogP contribution is 2.16. The van der Waals surface area contributed by atoms with Gasteiger partial charge in [0.15, 0.2) is 12.4 Å². The Kier molecular flexibility index (Phi) is 7.17. The van der Waals surface area contributed by atoms with Crippen LogP contribution in [0.2, 0.25) is 0 Å². The highest BCUT2D eigenvalue weighted by atomic mass is 16.5. The van der Waals surface area contributed by atoms with E-state index in [2.05, 4.69) is 0 Å². The number of carbonyl (C=O) groups excluding carboxylic acids is 3. The monoisotopic (exact) mass is 418 g/mol. The van der Waals surface area contributed by atoms with Crippen LogP contribution in [0, 0.1) is 6.92 Å². The third kappa shape index (κ3) is 6.27. The van der Waals surface area contributed by atoms with Gasteiger partial charge in [0, 0.05) is 5.56 Å². The molecule has 6 nitrogen and oxygen atoms in total. The first-order valence-corrected chi connectivity index (χ1v) is 9.65. The van der Waals surface area contributed by atoms with Crippen molar-refractivity contribution in [1.82, 2.24) is 0 Å². The van der Waals surface area contributed by atoms with Gasteiger partial charge < -0.3 is 14.2 Å². The molecule has 0 unspecified atom stereocenters. The summed E-state index contributed by atoms with van der Waals surface area (Å²) in [7, 11) is 1.56. The van der Waals surface area contributed by atoms with Crippen molar-refractivity contribution in [3.05, 3.63) is 95.1 Å². The molecule has 31 heavy (non-hydrogen) atoms. The van der Waals surface area contributed by atoms with Crippen LogP contribution in [0.25, 0.3) is 0 Å². The summed E-state index contributed by atoms with van der Waals surface area (Å²) in [6.45, 7) is 1.57. The topological polar surface area (TPSA) is 78.9 Å². The molecule has 0 amide bonds. The number of Topliss-reactive ketones (excluding diaryl/α,β-unsaturated/α-hetero) is 1. The van der Waals surface area contributed by atoms with Crippen molar-refractivity contribution in [2.24, 2.45) is 0 Å². The van der Waals surface area contributed by atoms with Gasteiger partial charge in [-0.2, -0.15) is 0 Å². The second-order valence-electron chi connectivity index (χ2n) is 6.89. The number of hydrogen-bond donors (Lipinski definition) is 0. The predicted molar refractivity (Wildman–Crippen MR) is 115 cm³/mol. The van der Waals surface area contributed by atoms with E-state index < -0.39 is 11.9 Å². The van der Waals surface area contributed by atoms with E-state index >= 15 is 0 Å². The Balaban J connectivity index is 1.49. The van der Waals surface area contributed by atoms with Crippen LogP contribution >= 0.6 is 0 Å². The first-order chi connectivity index (χ1) is 14.9. The molecule has 0 saturated carbocycles. The Morgan fingerprint density at radius 2 is 1.32 bits per heavy atom. The molecule has 158 valence electrons. The third-order valence-electron chi connectivity index (χ3n) is 4.55. The number of ketones is 1. The van der Waals surface area contributed by atoms with Crippen molar-refractivity contribution in [2.75, 3.05) is 13.7 Å². The lowest BCUT2D eigenvalue weighted by Gasteiger charge is -2.07. The van der Waals surface area contributed by atoms with Gasteiger partial charge in [0.2, 0.25) is 0 Å². The van der Waals surface area contributed by atoms with E-state index in [1.165, 1.54) is 24.3 Å². The molecule has 3 rings (SSSR count). The quantitative estimate of drug-likeness (QED) is 0.310. The smallest absolute Gasteiger partial charge is 0.343 e. The van der Waals surface area contributed by atoms with Crippen molar-refractivity contribution >= 4 is 17.7 Å². The molecule has 0 radical (unpaired) electrons. The van der Waals surface area contributed by atoms with E-state index in [0.717, 1.165) is 11.1 Å². The molecule has 0 bridgehead atoms. The van der Waals surface area contributed by atoms with Gasteiger partial charge >= 0.3 is 11.9 Å². The Labute approximate surface area is 180 Å². The molecular formula is C25H22O6. The highest BCUT2D eigenvalue weighted by Gasteiger charge is 2.12. The zero-order chi connectivity index (χ0) is 22.2. The third-order valence-corrected chi connectivity index (χ3v) is 4.55. The summed E-state index contributed by atoms with van der Waals surface area (Å²) in [6, 6.07) is 20.2. The number of aryl methyl sites for hydroxylation is 1. The number of rotatable bonds is 8. The minimum Gasteiger partial charge on any atom is -0.497 e. The van der Waals surface area contributed by atoms with Crippen molar-refractivity contribution in [3.8, 4) is 11.5 Å². The molecule has 6 heteroatoms. The molecule has 3 aromatic rings. The van der Waals surface area contributed by atoms with E-state index in [-0.39, 0.29) is 18.8 Å². The number of methoxy groups -OCH3 is 1. The van der Waals surface area contributed by atoms with Gasteiger partial charge in [0.05, 0.1) is 19.1 Å². The van der Waals surface area contributed by atoms with Gasteiger partial charge in [-0.1, -0.05) is 29.8 Å². The number of carbonyl (C=O) groups is 3. The molecule has 0 heterocycles. The van der Waals surface area contributed by atoms with Crippen LogP contribution in [0.1, 0.15) is 31.8 Å². The molecular weight excluding hydrogens is 396 g/mol. The maximum Gasteiger partial charge on any atom is 0.343 e. The average molecular weight is 418 g/mol. The molecule has 0 aliphatic carbocycles. The Morgan fingerprint density at radius 3 is 1.94 bits per heavy atom. The molecule has 0 N–H and O–H groups in total. The largest absolute Gasteiger partial charge is 0.497 e. The standard InChI is InChI=1S/C25H22O6/c1-17-3-7-20(8-4-17)25(28)31-22-13-9-19(10-14-22)23(26)16-30-24(27)15-18-5-11-21(29-2)12-6-18/h3-14H,15-16H2,1-2H3. The van der Waals surface area contributed by atoms with Gasteiger partial charge in [-0.05, 0) is 61.0 Å². The summed E-state index contributed by atoms with van der Waals surface area (Å²) in [5, 5.41) is 0. The fourth-order valence-electron chi connectivity index (χ4n) is 2.75. The van der Waals surface area contributed by atoms with Crippen LogP contribution in [-0.4, -0.2) is 31.4 Å². The summed E-state index contributed by atoms with van der Waals surface area (Å²) >= 11 is 0. The zero-order valence-electron chi connectivity index (χ0n) is 17.3. The molecule has 0 fully saturated rings. The molecule has 0 atom stereocenters. The van der Waals surface area contributed by atoms with Crippen molar-refractivity contribution in [3.63, 3.8) is 0 Å². The summed E-state index contributed by atoms with van der Waals surface area (Å²) in [4.78, 5) is 36.4. The molecule has 0 aliphatic rings. The molecule has 0 saturated heterocycles. The maximum atomic E-state index is 12.3. The lowest BCUT2D eigenvalue weighted by molar-refractivity contribution is -0.141. The molecule has 3 aromatic carbocycles. The lowest BCUT2D eigenvalue weighted by Crippen LogP contribution is -2.15. The van der Waals surface area contributed by atoms with E-state index in [9.17, 15) is 14.4 Å². The first kappa shape index (κ1) is 21.8. The minimum absolute atomic E-state index is 0.0607. The Hall–Kier alpha value is -3.93. The zero-order valence-corrected chi connectivity index (χ0v) is 17.3. The fourth-order valence-corrected chi connectivity index (χ4v) is 2.75. The summed E-state index contributed by atoms with van der Waals surface area (Å²) in [5.74, 6) is -0.313. The molecule has 0 aromatic heterocycles. The van der Waals surface area contributed by atoms with Crippen LogP contribution < -0.4 is 9.47 Å². The van der Waals surface area contributed by atoms with Crippen LogP contribution in [0.15, 0.2) is 72.8 Å². The number of esters is 2. The van der Waals surface area contributed by atoms with Gasteiger partial charge in [-0.25, -0.2) is 4.79 Å². The van der Waals surface area contributed by atoms with E-state index in [1.807, 2.05) is 19.1 Å². The predicted octanol–water partition coefficient (Wildman–Crippen LogP) is 4.19. The fraction of sp³-hybridized carbons (Fsp3) is 0.160. The molecule has 0 spiro atoms. The van der Waals surface area contributed by atoms with E-state index in [4.69, 9.17) is 14.2 Å². The van der Waals surface area contributed by atoms with Crippen LogP contribution in [-0.2, 0) is 16.0 Å². The van der Waals surface area contributed by atoms with E-state index in [1.54, 1.807) is 43.5 Å². The normalized spacial score (nSPS) is 10.3. The average Bonchev–Trinajstić information content (AvgIpc) is 2.79. The minimum atomic E-state index is -0.498. The van der Waals surface area contributed by atoms with Crippen LogP contribution in [0.5, 0.6) is 11.5 Å². The first-order valence-electron chi connectivity index (χ1n) is 9.65. The maximum absolute atomic E-state index is 12.3. The number of hydrogen-bond acceptors (Lipinski definition) is 6. The summed E-state index contributed by atoms with van der Waals surface area (Å²) < 4.78 is 15.5. The van der Waals surface area contributed by atoms with Crippen molar-refractivity contribution in [2.45, 2.75) is 13.3 Å². The van der Waals surface area contributed by atoms with Crippen molar-refractivity contribution in [1.29, 1.82) is 0 Å². The van der Waals surface area contributed by atoms with E-state index in [0.29, 0.717) is 22.6 Å². The Morgan fingerprint density at radius 1 is 0.742 bits per heavy atom. The Bertz CT molecular complexity index is 1050. The van der Waals surface area contributed by atoms with Crippen LogP contribution in [0.4, 0.5) is 0 Å². The highest BCUT2D eigenvalue weighted by molar-refractivity contribution is 5.98.